The molecule has 0 saturated carbocycles. The molecule has 1 heterocycles. The predicted molar refractivity (Wildman–Crippen MR) is 85.8 cm³/mol. The van der Waals surface area contributed by atoms with Gasteiger partial charge in [0.15, 0.2) is 0 Å². The van der Waals surface area contributed by atoms with Crippen molar-refractivity contribution in [2.24, 2.45) is 0 Å². The van der Waals surface area contributed by atoms with Gasteiger partial charge >= 0.3 is 0 Å². The van der Waals surface area contributed by atoms with Crippen LogP contribution in [0.4, 0.5) is 11.6 Å². The van der Waals surface area contributed by atoms with Crippen LogP contribution >= 0.6 is 0 Å². The van der Waals surface area contributed by atoms with E-state index in [1.54, 1.807) is 13.4 Å². The van der Waals surface area contributed by atoms with Crippen LogP contribution in [0, 0.1) is 0 Å². The van der Waals surface area contributed by atoms with Gasteiger partial charge in [-0.05, 0) is 31.0 Å². The number of benzene rings is 1. The molecule has 1 atom stereocenters. The van der Waals surface area contributed by atoms with Crippen molar-refractivity contribution in [2.75, 3.05) is 24.3 Å². The topological polar surface area (TPSA) is 59.1 Å². The molecule has 2 aromatic rings. The minimum absolute atomic E-state index is 0.157. The fraction of sp³-hybridized carbons (Fsp3) is 0.375. The van der Waals surface area contributed by atoms with E-state index in [0.717, 1.165) is 30.4 Å². The maximum Gasteiger partial charge on any atom is 0.131 e. The molecule has 0 aliphatic heterocycles. The first kappa shape index (κ1) is 15.1. The molecule has 2 rings (SSSR count). The summed E-state index contributed by atoms with van der Waals surface area (Å²) >= 11 is 0. The highest BCUT2D eigenvalue weighted by atomic mass is 16.5. The molecule has 5 nitrogen and oxygen atoms in total. The number of aromatic nitrogens is 2. The van der Waals surface area contributed by atoms with E-state index in [-0.39, 0.29) is 6.04 Å². The number of hydrogen-bond acceptors (Lipinski definition) is 5. The van der Waals surface area contributed by atoms with Crippen molar-refractivity contribution < 1.29 is 4.74 Å². The molecule has 0 aliphatic rings. The number of rotatable bonds is 7. The zero-order valence-electron chi connectivity index (χ0n) is 12.8. The van der Waals surface area contributed by atoms with Crippen LogP contribution in [-0.2, 0) is 0 Å². The van der Waals surface area contributed by atoms with Gasteiger partial charge in [-0.15, -0.1) is 0 Å². The van der Waals surface area contributed by atoms with Gasteiger partial charge in [0.25, 0.3) is 0 Å². The summed E-state index contributed by atoms with van der Waals surface area (Å²) < 4.78 is 5.17. The number of nitrogens with one attached hydrogen (secondary N) is 2. The maximum atomic E-state index is 5.17. The summed E-state index contributed by atoms with van der Waals surface area (Å²) in [5.41, 5.74) is 1.18. The maximum absolute atomic E-state index is 5.17. The first-order valence-corrected chi connectivity index (χ1v) is 7.19. The van der Waals surface area contributed by atoms with Crippen molar-refractivity contribution in [2.45, 2.75) is 26.3 Å². The third kappa shape index (κ3) is 4.34. The summed E-state index contributed by atoms with van der Waals surface area (Å²) in [6.45, 7) is 5.13. The molecular weight excluding hydrogens is 264 g/mol. The number of nitrogens with zero attached hydrogens (tertiary/aromatic N) is 2. The fourth-order valence-corrected chi connectivity index (χ4v) is 1.98. The standard InChI is InChI=1S/C16H22N4O/c1-4-9-17-15-10-16(19-11-18-15)20-12(2)13-5-7-14(21-3)8-6-13/h5-8,10-12H,4,9H2,1-3H3,(H2,17,18,19,20). The molecular formula is C16H22N4O. The van der Waals surface area contributed by atoms with Crippen molar-refractivity contribution in [3.05, 3.63) is 42.2 Å². The Labute approximate surface area is 125 Å². The minimum Gasteiger partial charge on any atom is -0.497 e. The second kappa shape index (κ2) is 7.47. The van der Waals surface area contributed by atoms with Crippen LogP contribution in [-0.4, -0.2) is 23.6 Å². The van der Waals surface area contributed by atoms with Crippen LogP contribution in [0.15, 0.2) is 36.7 Å². The predicted octanol–water partition coefficient (Wildman–Crippen LogP) is 3.48. The van der Waals surface area contributed by atoms with Crippen LogP contribution in [0.1, 0.15) is 31.9 Å². The quantitative estimate of drug-likeness (QED) is 0.816. The van der Waals surface area contributed by atoms with Crippen molar-refractivity contribution in [1.29, 1.82) is 0 Å². The number of hydrogen-bond donors (Lipinski definition) is 2. The van der Waals surface area contributed by atoms with Gasteiger partial charge in [0.1, 0.15) is 23.7 Å². The second-order valence-electron chi connectivity index (χ2n) is 4.85. The first-order chi connectivity index (χ1) is 10.2. The summed E-state index contributed by atoms with van der Waals surface area (Å²) in [5, 5.41) is 6.64. The largest absolute Gasteiger partial charge is 0.497 e. The molecule has 0 spiro atoms. The van der Waals surface area contributed by atoms with Gasteiger partial charge in [0.05, 0.1) is 7.11 Å². The van der Waals surface area contributed by atoms with E-state index >= 15 is 0 Å². The molecule has 0 bridgehead atoms. The third-order valence-electron chi connectivity index (χ3n) is 3.20. The highest BCUT2D eigenvalue weighted by Gasteiger charge is 2.07. The molecule has 5 heteroatoms. The number of methoxy groups -OCH3 is 1. The lowest BCUT2D eigenvalue weighted by atomic mass is 10.1. The Hall–Kier alpha value is -2.30. The van der Waals surface area contributed by atoms with Gasteiger partial charge in [-0.1, -0.05) is 19.1 Å². The van der Waals surface area contributed by atoms with Crippen LogP contribution in [0.3, 0.4) is 0 Å². The Morgan fingerprint density at radius 1 is 1.14 bits per heavy atom. The SMILES string of the molecule is CCCNc1cc(NC(C)c2ccc(OC)cc2)ncn1. The smallest absolute Gasteiger partial charge is 0.131 e. The van der Waals surface area contributed by atoms with Gasteiger partial charge in [0.2, 0.25) is 0 Å². The van der Waals surface area contributed by atoms with Crippen molar-refractivity contribution in [1.82, 2.24) is 9.97 Å². The Morgan fingerprint density at radius 2 is 1.86 bits per heavy atom. The van der Waals surface area contributed by atoms with Crippen LogP contribution in [0.2, 0.25) is 0 Å². The zero-order chi connectivity index (χ0) is 15.1. The van der Waals surface area contributed by atoms with Crippen LogP contribution in [0.25, 0.3) is 0 Å². The molecule has 1 unspecified atom stereocenters. The van der Waals surface area contributed by atoms with Crippen molar-refractivity contribution in [3.63, 3.8) is 0 Å². The van der Waals surface area contributed by atoms with E-state index in [1.165, 1.54) is 5.56 Å². The fourth-order valence-electron chi connectivity index (χ4n) is 1.98. The van der Waals surface area contributed by atoms with Gasteiger partial charge in [-0.3, -0.25) is 0 Å². The molecule has 2 N–H and O–H groups in total. The second-order valence-corrected chi connectivity index (χ2v) is 4.85. The van der Waals surface area contributed by atoms with Crippen molar-refractivity contribution >= 4 is 11.6 Å². The van der Waals surface area contributed by atoms with Gasteiger partial charge in [-0.2, -0.15) is 0 Å². The van der Waals surface area contributed by atoms with Gasteiger partial charge in [0, 0.05) is 18.7 Å². The molecule has 0 saturated heterocycles. The molecule has 112 valence electrons. The van der Waals surface area contributed by atoms with Crippen LogP contribution < -0.4 is 15.4 Å². The Balaban J connectivity index is 2.02. The normalized spacial score (nSPS) is 11.8. The molecule has 0 fully saturated rings. The molecule has 1 aromatic carbocycles. The first-order valence-electron chi connectivity index (χ1n) is 7.19. The molecule has 1 aromatic heterocycles. The third-order valence-corrected chi connectivity index (χ3v) is 3.20. The van der Waals surface area contributed by atoms with Gasteiger partial charge < -0.3 is 15.4 Å². The van der Waals surface area contributed by atoms with Crippen LogP contribution in [0.5, 0.6) is 5.75 Å². The highest BCUT2D eigenvalue weighted by molar-refractivity contribution is 5.47. The Kier molecular flexibility index (Phi) is 5.37. The van der Waals surface area contributed by atoms with E-state index in [2.05, 4.69) is 34.4 Å². The monoisotopic (exact) mass is 286 g/mol. The van der Waals surface area contributed by atoms with Crippen molar-refractivity contribution in [3.8, 4) is 5.75 Å². The minimum atomic E-state index is 0.157. The van der Waals surface area contributed by atoms with E-state index in [9.17, 15) is 0 Å². The summed E-state index contributed by atoms with van der Waals surface area (Å²) in [6.07, 6.45) is 2.64. The lowest BCUT2D eigenvalue weighted by Crippen LogP contribution is -2.09. The van der Waals surface area contributed by atoms with E-state index in [1.807, 2.05) is 30.3 Å². The summed E-state index contributed by atoms with van der Waals surface area (Å²) in [4.78, 5) is 8.46. The average molecular weight is 286 g/mol. The molecule has 0 radical (unpaired) electrons. The van der Waals surface area contributed by atoms with E-state index in [4.69, 9.17) is 4.74 Å². The van der Waals surface area contributed by atoms with E-state index < -0.39 is 0 Å². The lowest BCUT2D eigenvalue weighted by molar-refractivity contribution is 0.414. The average Bonchev–Trinajstić information content (AvgIpc) is 2.53. The summed E-state index contributed by atoms with van der Waals surface area (Å²) in [6, 6.07) is 10.1. The molecule has 0 aliphatic carbocycles. The number of ether oxygens (including phenoxy) is 1. The molecule has 0 amide bonds. The summed E-state index contributed by atoms with van der Waals surface area (Å²) in [7, 11) is 1.67. The number of anilines is 2. The zero-order valence-corrected chi connectivity index (χ0v) is 12.8. The summed E-state index contributed by atoms with van der Waals surface area (Å²) in [5.74, 6) is 2.52. The highest BCUT2D eigenvalue weighted by Crippen LogP contribution is 2.21. The Morgan fingerprint density at radius 3 is 2.52 bits per heavy atom. The molecule has 21 heavy (non-hydrogen) atoms. The van der Waals surface area contributed by atoms with E-state index in [0.29, 0.717) is 0 Å². The lowest BCUT2D eigenvalue weighted by Gasteiger charge is -2.16. The van der Waals surface area contributed by atoms with Gasteiger partial charge in [-0.25, -0.2) is 9.97 Å². The Bertz CT molecular complexity index is 556.